The van der Waals surface area contributed by atoms with Crippen LogP contribution in [0.5, 0.6) is 0 Å². The van der Waals surface area contributed by atoms with Crippen molar-refractivity contribution < 1.29 is 0 Å². The minimum atomic E-state index is -0.342. The summed E-state index contributed by atoms with van der Waals surface area (Å²) in [6.45, 7) is 15.4. The molecule has 1 aliphatic carbocycles. The largest absolute Gasteiger partial charge is 0.309 e. The maximum Gasteiger partial charge on any atom is 0.0708 e. The number of fused-ring (bicyclic) bond motifs is 3. The quantitative estimate of drug-likeness (QED) is 0.102. The van der Waals surface area contributed by atoms with Gasteiger partial charge in [-0.05, 0) is 134 Å². The first kappa shape index (κ1) is 42.5. The lowest BCUT2D eigenvalue weighted by Crippen LogP contribution is -2.18. The van der Waals surface area contributed by atoms with Crippen molar-refractivity contribution in [3.63, 3.8) is 0 Å². The van der Waals surface area contributed by atoms with Gasteiger partial charge in [-0.15, -0.1) is 5.73 Å². The summed E-state index contributed by atoms with van der Waals surface area (Å²) in [7, 11) is 0. The molecule has 0 saturated heterocycles. The molecule has 316 valence electrons. The lowest BCUT2D eigenvalue weighted by molar-refractivity contribution is 0.552. The van der Waals surface area contributed by atoms with E-state index in [1.165, 1.54) is 83.1 Å². The third-order valence-corrected chi connectivity index (χ3v) is 12.8. The van der Waals surface area contributed by atoms with Gasteiger partial charge < -0.3 is 4.57 Å². The Morgan fingerprint density at radius 3 is 1.91 bits per heavy atom. The molecule has 0 saturated carbocycles. The molecule has 0 fully saturated rings. The highest BCUT2D eigenvalue weighted by molar-refractivity contribution is 6.13. The van der Waals surface area contributed by atoms with Gasteiger partial charge in [0.25, 0.3) is 0 Å². The van der Waals surface area contributed by atoms with Crippen LogP contribution in [0.3, 0.4) is 0 Å². The molecule has 8 aromatic carbocycles. The van der Waals surface area contributed by atoms with Crippen molar-refractivity contribution in [3.8, 4) is 27.9 Å². The fourth-order valence-corrected chi connectivity index (χ4v) is 9.16. The van der Waals surface area contributed by atoms with Crippen molar-refractivity contribution >= 4 is 38.7 Å². The van der Waals surface area contributed by atoms with Crippen molar-refractivity contribution in [2.45, 2.75) is 41.0 Å². The van der Waals surface area contributed by atoms with E-state index in [2.05, 4.69) is 252 Å². The number of benzene rings is 8. The van der Waals surface area contributed by atoms with Gasteiger partial charge in [-0.1, -0.05) is 182 Å². The van der Waals surface area contributed by atoms with E-state index in [4.69, 9.17) is 4.99 Å². The van der Waals surface area contributed by atoms with Gasteiger partial charge >= 0.3 is 0 Å². The van der Waals surface area contributed by atoms with Crippen LogP contribution in [0.15, 0.2) is 235 Å². The smallest absolute Gasteiger partial charge is 0.0708 e. The highest BCUT2D eigenvalue weighted by Gasteiger charge is 2.35. The Kier molecular flexibility index (Phi) is 12.1. The number of nitrogens with zero attached hydrogens (tertiary/aromatic N) is 2. The van der Waals surface area contributed by atoms with E-state index < -0.39 is 0 Å². The molecule has 2 nitrogen and oxygen atoms in total. The molecule has 0 amide bonds. The molecular formula is C63H54N2. The van der Waals surface area contributed by atoms with Crippen LogP contribution >= 0.6 is 0 Å². The second-order valence-electron chi connectivity index (χ2n) is 17.4. The zero-order valence-corrected chi connectivity index (χ0v) is 38.0. The molecule has 0 N–H and O–H groups in total. The number of rotatable bonds is 9. The number of aryl methyl sites for hydroxylation is 3. The van der Waals surface area contributed by atoms with E-state index >= 15 is 0 Å². The number of aromatic nitrogens is 1. The van der Waals surface area contributed by atoms with Gasteiger partial charge in [0.05, 0.1) is 16.7 Å². The molecule has 2 heteroatoms. The van der Waals surface area contributed by atoms with Crippen LogP contribution in [0.2, 0.25) is 0 Å². The molecule has 10 rings (SSSR count). The van der Waals surface area contributed by atoms with E-state index in [9.17, 15) is 0 Å². The van der Waals surface area contributed by atoms with Crippen LogP contribution in [-0.2, 0) is 0 Å². The van der Waals surface area contributed by atoms with Gasteiger partial charge in [-0.3, -0.25) is 4.99 Å². The van der Waals surface area contributed by atoms with Gasteiger partial charge in [-0.2, -0.15) is 0 Å². The van der Waals surface area contributed by atoms with Crippen LogP contribution in [0.1, 0.15) is 53.6 Å². The minimum absolute atomic E-state index is 0.342. The zero-order valence-electron chi connectivity index (χ0n) is 38.0. The lowest BCUT2D eigenvalue weighted by atomic mass is 9.76. The number of hydrogen-bond acceptors (Lipinski definition) is 1. The summed E-state index contributed by atoms with van der Waals surface area (Å²) in [6, 6.07) is 70.9. The van der Waals surface area contributed by atoms with Gasteiger partial charge in [-0.25, -0.2) is 0 Å². The van der Waals surface area contributed by atoms with Crippen LogP contribution in [0.4, 0.5) is 0 Å². The average Bonchev–Trinajstić information content (AvgIpc) is 3.91. The predicted molar refractivity (Wildman–Crippen MR) is 279 cm³/mol. The minimum Gasteiger partial charge on any atom is -0.309 e. The Labute approximate surface area is 384 Å². The van der Waals surface area contributed by atoms with Gasteiger partial charge in [0.1, 0.15) is 0 Å². The Morgan fingerprint density at radius 2 is 1.18 bits per heavy atom. The first-order chi connectivity index (χ1) is 31.7. The predicted octanol–water partition coefficient (Wildman–Crippen LogP) is 16.8. The molecule has 1 aliphatic rings. The zero-order chi connectivity index (χ0) is 44.9. The SMILES string of the molecule is C=C(N=C(/C=C(\C)c1ccccc1)c1ccccc1)C1(C)CC=C=C1c1ccc(-c2ccccc2C)c(C)c1.Cc1cccc(-c2ccc3c(c2)c2ccccc2n3-c2ccccc2)c1. The monoisotopic (exact) mass is 838 g/mol. The first-order valence-corrected chi connectivity index (χ1v) is 22.5. The fourth-order valence-electron chi connectivity index (χ4n) is 9.16. The molecule has 9 aromatic rings. The van der Waals surface area contributed by atoms with Crippen molar-refractivity contribution in [1.82, 2.24) is 4.57 Å². The summed E-state index contributed by atoms with van der Waals surface area (Å²) in [5, 5.41) is 2.59. The highest BCUT2D eigenvalue weighted by Crippen LogP contribution is 2.48. The second-order valence-corrected chi connectivity index (χ2v) is 17.4. The molecule has 0 spiro atoms. The molecule has 1 aromatic heterocycles. The third-order valence-electron chi connectivity index (χ3n) is 12.8. The average molecular weight is 839 g/mol. The number of allylic oxidation sites excluding steroid dienone is 3. The molecule has 1 atom stereocenters. The first-order valence-electron chi connectivity index (χ1n) is 22.5. The Hall–Kier alpha value is -7.77. The summed E-state index contributed by atoms with van der Waals surface area (Å²) in [6.07, 6.45) is 5.13. The highest BCUT2D eigenvalue weighted by atomic mass is 15.0. The van der Waals surface area contributed by atoms with Crippen LogP contribution < -0.4 is 0 Å². The summed E-state index contributed by atoms with van der Waals surface area (Å²) >= 11 is 0. The molecule has 1 heterocycles. The summed E-state index contributed by atoms with van der Waals surface area (Å²) in [4.78, 5) is 5.21. The number of hydrogen-bond donors (Lipinski definition) is 0. The van der Waals surface area contributed by atoms with Crippen molar-refractivity contribution in [2.75, 3.05) is 0 Å². The van der Waals surface area contributed by atoms with E-state index in [0.717, 1.165) is 29.0 Å². The van der Waals surface area contributed by atoms with E-state index in [-0.39, 0.29) is 5.41 Å². The molecule has 0 bridgehead atoms. The van der Waals surface area contributed by atoms with Crippen molar-refractivity contribution in [3.05, 3.63) is 264 Å². The van der Waals surface area contributed by atoms with Crippen LogP contribution in [0, 0.1) is 26.2 Å². The molecule has 1 unspecified atom stereocenters. The summed E-state index contributed by atoms with van der Waals surface area (Å²) < 4.78 is 2.35. The van der Waals surface area contributed by atoms with Crippen LogP contribution in [-0.4, -0.2) is 10.3 Å². The third kappa shape index (κ3) is 8.78. The maximum absolute atomic E-state index is 5.21. The van der Waals surface area contributed by atoms with E-state index in [1.54, 1.807) is 0 Å². The normalized spacial score (nSPS) is 14.9. The topological polar surface area (TPSA) is 17.3 Å². The fraction of sp³-hybridized carbons (Fsp3) is 0.111. The molecule has 65 heavy (non-hydrogen) atoms. The summed E-state index contributed by atoms with van der Waals surface area (Å²) in [5.41, 5.74) is 23.3. The summed E-state index contributed by atoms with van der Waals surface area (Å²) in [5.74, 6) is 0. The lowest BCUT2D eigenvalue weighted by Gasteiger charge is -2.28. The Balaban J connectivity index is 0.000000177. The van der Waals surface area contributed by atoms with Crippen molar-refractivity contribution in [1.29, 1.82) is 0 Å². The van der Waals surface area contributed by atoms with Gasteiger partial charge in [0.15, 0.2) is 0 Å². The van der Waals surface area contributed by atoms with Gasteiger partial charge in [0.2, 0.25) is 0 Å². The van der Waals surface area contributed by atoms with Crippen LogP contribution in [0.25, 0.3) is 60.9 Å². The Morgan fingerprint density at radius 1 is 0.569 bits per heavy atom. The molecule has 0 radical (unpaired) electrons. The Bertz CT molecular complexity index is 3320. The number of para-hydroxylation sites is 2. The number of aliphatic imine (C=N–C) groups is 1. The second kappa shape index (κ2) is 18.5. The van der Waals surface area contributed by atoms with E-state index in [0.29, 0.717) is 0 Å². The maximum atomic E-state index is 5.21. The van der Waals surface area contributed by atoms with Gasteiger partial charge in [0, 0.05) is 38.7 Å². The standard InChI is InChI=1S/C38H35N.C25H19N/c1-27-15-12-13-20-34(27)35-23-22-33(25-29(35)3)36-21-14-24-38(36,5)30(4)39-37(32-18-10-7-11-19-32)26-28(2)31-16-8-6-9-17-31;1-18-8-7-9-19(16-18)20-14-15-25-23(17-20)22-12-5-6-13-24(22)26(25)21-10-3-2-4-11-21/h6-20,22-23,25-26H,4,24H2,1-3,5H3;2-17H,1H3/b28-26+,39-37?;. The molecule has 0 aliphatic heterocycles. The van der Waals surface area contributed by atoms with Crippen molar-refractivity contribution in [2.24, 2.45) is 10.4 Å². The molecular weight excluding hydrogens is 785 g/mol. The van der Waals surface area contributed by atoms with E-state index in [1.807, 2.05) is 12.1 Å².